The van der Waals surface area contributed by atoms with E-state index in [9.17, 15) is 4.79 Å². The lowest BCUT2D eigenvalue weighted by Crippen LogP contribution is -2.08. The van der Waals surface area contributed by atoms with Gasteiger partial charge in [0.05, 0.1) is 10.4 Å². The zero-order valence-corrected chi connectivity index (χ0v) is 8.30. The number of halogens is 1. The number of benzene rings is 1. The summed E-state index contributed by atoms with van der Waals surface area (Å²) in [5.41, 5.74) is 1.08. The van der Waals surface area contributed by atoms with Crippen molar-refractivity contribution in [3.05, 3.63) is 35.4 Å². The summed E-state index contributed by atoms with van der Waals surface area (Å²) in [4.78, 5) is 10.1. The van der Waals surface area contributed by atoms with Gasteiger partial charge in [-0.1, -0.05) is 12.1 Å². The Balaban J connectivity index is 3.13. The molecule has 1 rings (SSSR count). The maximum atomic E-state index is 10.6. The molecular formula is C10H11ClO2. The van der Waals surface area contributed by atoms with Crippen molar-refractivity contribution in [3.63, 3.8) is 0 Å². The molecule has 0 bridgehead atoms. The van der Waals surface area contributed by atoms with Crippen molar-refractivity contribution < 1.29 is 9.90 Å². The Morgan fingerprint density at radius 1 is 1.46 bits per heavy atom. The fourth-order valence-electron chi connectivity index (χ4n) is 1.02. The van der Waals surface area contributed by atoms with E-state index < -0.39 is 10.8 Å². The molecule has 0 aliphatic rings. The van der Waals surface area contributed by atoms with Gasteiger partial charge in [0.15, 0.2) is 0 Å². The summed E-state index contributed by atoms with van der Waals surface area (Å²) >= 11 is 6.04. The normalized spacial score (nSPS) is 11.3. The lowest BCUT2D eigenvalue weighted by Gasteiger charge is -2.16. The lowest BCUT2D eigenvalue weighted by atomic mass is 10.0. The number of carbonyl (C=O) groups is 1. The second-order valence-corrected chi connectivity index (χ2v) is 4.30. The van der Waals surface area contributed by atoms with Gasteiger partial charge in [0.2, 0.25) is 0 Å². The van der Waals surface area contributed by atoms with Crippen LogP contribution in [0.15, 0.2) is 24.3 Å². The SMILES string of the molecule is CC(C)(Cl)c1cccc(C(=O)O)c1. The van der Waals surface area contributed by atoms with E-state index in [-0.39, 0.29) is 5.56 Å². The van der Waals surface area contributed by atoms with Crippen LogP contribution >= 0.6 is 11.6 Å². The standard InChI is InChI=1S/C10H11ClO2/c1-10(2,11)8-5-3-4-7(6-8)9(12)13/h3-6H,1-2H3,(H,12,13). The minimum absolute atomic E-state index is 0.270. The summed E-state index contributed by atoms with van der Waals surface area (Å²) in [5, 5.41) is 8.73. The lowest BCUT2D eigenvalue weighted by molar-refractivity contribution is 0.0697. The van der Waals surface area contributed by atoms with E-state index in [4.69, 9.17) is 16.7 Å². The molecule has 0 heterocycles. The van der Waals surface area contributed by atoms with Gasteiger partial charge >= 0.3 is 5.97 Å². The summed E-state index contributed by atoms with van der Waals surface area (Å²) in [6.07, 6.45) is 0. The number of alkyl halides is 1. The summed E-state index contributed by atoms with van der Waals surface area (Å²) in [7, 11) is 0. The Morgan fingerprint density at radius 3 is 2.54 bits per heavy atom. The molecule has 0 aliphatic carbocycles. The minimum Gasteiger partial charge on any atom is -0.478 e. The van der Waals surface area contributed by atoms with Gasteiger partial charge < -0.3 is 5.11 Å². The van der Waals surface area contributed by atoms with E-state index in [1.165, 1.54) is 0 Å². The summed E-state index contributed by atoms with van der Waals surface area (Å²) in [6.45, 7) is 3.66. The van der Waals surface area contributed by atoms with E-state index in [1.54, 1.807) is 18.2 Å². The van der Waals surface area contributed by atoms with Crippen LogP contribution in [0.4, 0.5) is 0 Å². The predicted molar refractivity (Wildman–Crippen MR) is 52.3 cm³/mol. The van der Waals surface area contributed by atoms with Crippen molar-refractivity contribution in [2.45, 2.75) is 18.7 Å². The second kappa shape index (κ2) is 3.38. The van der Waals surface area contributed by atoms with E-state index in [2.05, 4.69) is 0 Å². The first-order valence-corrected chi connectivity index (χ1v) is 4.32. The number of hydrogen-bond acceptors (Lipinski definition) is 1. The molecular weight excluding hydrogens is 188 g/mol. The third-order valence-electron chi connectivity index (χ3n) is 1.80. The molecule has 0 amide bonds. The molecule has 0 saturated heterocycles. The van der Waals surface area contributed by atoms with E-state index in [1.807, 2.05) is 19.9 Å². The van der Waals surface area contributed by atoms with Gasteiger partial charge in [-0.05, 0) is 31.5 Å². The Hall–Kier alpha value is -1.02. The molecule has 0 aliphatic heterocycles. The number of carboxylic acids is 1. The molecule has 1 aromatic rings. The fraction of sp³-hybridized carbons (Fsp3) is 0.300. The Bertz CT molecular complexity index is 326. The minimum atomic E-state index is -0.928. The molecule has 70 valence electrons. The zero-order valence-electron chi connectivity index (χ0n) is 7.54. The maximum Gasteiger partial charge on any atom is 0.335 e. The highest BCUT2D eigenvalue weighted by Crippen LogP contribution is 2.27. The van der Waals surface area contributed by atoms with Crippen molar-refractivity contribution in [2.24, 2.45) is 0 Å². The predicted octanol–water partition coefficient (Wildman–Crippen LogP) is 2.86. The molecule has 2 nitrogen and oxygen atoms in total. The molecule has 1 aromatic carbocycles. The van der Waals surface area contributed by atoms with Crippen LogP contribution in [0.3, 0.4) is 0 Å². The molecule has 13 heavy (non-hydrogen) atoms. The maximum absolute atomic E-state index is 10.6. The zero-order chi connectivity index (χ0) is 10.1. The van der Waals surface area contributed by atoms with Crippen LogP contribution < -0.4 is 0 Å². The van der Waals surface area contributed by atoms with Crippen molar-refractivity contribution in [2.75, 3.05) is 0 Å². The van der Waals surface area contributed by atoms with E-state index in [0.717, 1.165) is 5.56 Å². The molecule has 0 saturated carbocycles. The molecule has 0 aromatic heterocycles. The van der Waals surface area contributed by atoms with Gasteiger partial charge in [0.25, 0.3) is 0 Å². The van der Waals surface area contributed by atoms with Crippen LogP contribution in [0.1, 0.15) is 29.8 Å². The summed E-state index contributed by atoms with van der Waals surface area (Å²) < 4.78 is 0. The highest BCUT2D eigenvalue weighted by Gasteiger charge is 2.17. The van der Waals surface area contributed by atoms with Crippen LogP contribution in [0.25, 0.3) is 0 Å². The van der Waals surface area contributed by atoms with Crippen molar-refractivity contribution in [3.8, 4) is 0 Å². The first kappa shape index (κ1) is 10.1. The molecule has 0 spiro atoms. The average Bonchev–Trinajstić information content (AvgIpc) is 2.03. The molecule has 0 atom stereocenters. The third-order valence-corrected chi connectivity index (χ3v) is 2.01. The van der Waals surface area contributed by atoms with Crippen LogP contribution in [-0.2, 0) is 4.87 Å². The highest BCUT2D eigenvalue weighted by atomic mass is 35.5. The van der Waals surface area contributed by atoms with Crippen LogP contribution in [-0.4, -0.2) is 11.1 Å². The third kappa shape index (κ3) is 2.46. The summed E-state index contributed by atoms with van der Waals surface area (Å²) in [5.74, 6) is -0.928. The molecule has 1 N–H and O–H groups in total. The topological polar surface area (TPSA) is 37.3 Å². The average molecular weight is 199 g/mol. The van der Waals surface area contributed by atoms with E-state index >= 15 is 0 Å². The van der Waals surface area contributed by atoms with Gasteiger partial charge in [0.1, 0.15) is 0 Å². The summed E-state index contributed by atoms with van der Waals surface area (Å²) in [6, 6.07) is 6.66. The number of rotatable bonds is 2. The van der Waals surface area contributed by atoms with Crippen molar-refractivity contribution in [1.29, 1.82) is 0 Å². The Morgan fingerprint density at radius 2 is 2.08 bits per heavy atom. The van der Waals surface area contributed by atoms with Crippen LogP contribution in [0.5, 0.6) is 0 Å². The molecule has 0 radical (unpaired) electrons. The quantitative estimate of drug-likeness (QED) is 0.742. The largest absolute Gasteiger partial charge is 0.478 e. The highest BCUT2D eigenvalue weighted by molar-refractivity contribution is 6.23. The number of hydrogen-bond donors (Lipinski definition) is 1. The first-order valence-electron chi connectivity index (χ1n) is 3.94. The van der Waals surface area contributed by atoms with Crippen LogP contribution in [0.2, 0.25) is 0 Å². The smallest absolute Gasteiger partial charge is 0.335 e. The number of carboxylic acid groups (broad SMARTS) is 1. The monoisotopic (exact) mass is 198 g/mol. The second-order valence-electron chi connectivity index (χ2n) is 3.36. The molecule has 3 heteroatoms. The Kier molecular flexibility index (Phi) is 2.62. The van der Waals surface area contributed by atoms with Crippen molar-refractivity contribution in [1.82, 2.24) is 0 Å². The molecule has 0 fully saturated rings. The van der Waals surface area contributed by atoms with Gasteiger partial charge in [-0.15, -0.1) is 11.6 Å². The van der Waals surface area contributed by atoms with Gasteiger partial charge in [-0.2, -0.15) is 0 Å². The van der Waals surface area contributed by atoms with Crippen molar-refractivity contribution >= 4 is 17.6 Å². The first-order chi connectivity index (χ1) is 5.91. The molecule has 0 unspecified atom stereocenters. The Labute approximate surface area is 82.2 Å². The van der Waals surface area contributed by atoms with Crippen LogP contribution in [0, 0.1) is 0 Å². The fourth-order valence-corrected chi connectivity index (χ4v) is 1.14. The van der Waals surface area contributed by atoms with Gasteiger partial charge in [-0.25, -0.2) is 4.79 Å². The number of aromatic carboxylic acids is 1. The van der Waals surface area contributed by atoms with E-state index in [0.29, 0.717) is 0 Å². The van der Waals surface area contributed by atoms with Gasteiger partial charge in [-0.3, -0.25) is 0 Å². The van der Waals surface area contributed by atoms with Gasteiger partial charge in [0, 0.05) is 0 Å².